The van der Waals surface area contributed by atoms with E-state index in [2.05, 4.69) is 20.3 Å². The van der Waals surface area contributed by atoms with E-state index in [0.29, 0.717) is 16.5 Å². The second-order valence-electron chi connectivity index (χ2n) is 5.23. The topological polar surface area (TPSA) is 67.2 Å². The molecule has 1 amide bonds. The molecule has 5 nitrogen and oxygen atoms in total. The van der Waals surface area contributed by atoms with Crippen LogP contribution in [0.3, 0.4) is 0 Å². The number of fused-ring (bicyclic) bond motifs is 1. The van der Waals surface area contributed by atoms with Crippen molar-refractivity contribution in [1.82, 2.24) is 15.3 Å². The largest absolute Gasteiger partial charge is 0.300 e. The lowest BCUT2D eigenvalue weighted by Crippen LogP contribution is -2.18. The Kier molecular flexibility index (Phi) is 4.21. The molecule has 25 heavy (non-hydrogen) atoms. The third-order valence-electron chi connectivity index (χ3n) is 3.52. The lowest BCUT2D eigenvalue weighted by molar-refractivity contribution is 0.265. The van der Waals surface area contributed by atoms with Crippen LogP contribution < -0.4 is 5.32 Å². The molecule has 0 spiro atoms. The number of hydrogen-bond donors (Lipinski definition) is 1. The smallest absolute Gasteiger partial charge is 0.289 e. The van der Waals surface area contributed by atoms with E-state index in [1.807, 2.05) is 36.4 Å². The number of carbonyl (C=O) groups excluding carboxylic acids is 1. The number of aromatic nitrogens is 2. The summed E-state index contributed by atoms with van der Waals surface area (Å²) in [5.41, 5.74) is 3.13. The summed E-state index contributed by atoms with van der Waals surface area (Å²) >= 11 is 7.10. The third kappa shape index (κ3) is 3.40. The molecule has 0 bridgehead atoms. The number of amides is 1. The number of aliphatic imine (C=N–C) groups is 1. The molecule has 4 rings (SSSR count). The lowest BCUT2D eigenvalue weighted by Gasteiger charge is -2.03. The van der Waals surface area contributed by atoms with Gasteiger partial charge in [0.2, 0.25) is 0 Å². The van der Waals surface area contributed by atoms with Crippen LogP contribution >= 0.6 is 23.4 Å². The predicted molar refractivity (Wildman–Crippen MR) is 102 cm³/mol. The van der Waals surface area contributed by atoms with Gasteiger partial charge in [0, 0.05) is 23.0 Å². The maximum absolute atomic E-state index is 11.9. The van der Waals surface area contributed by atoms with Gasteiger partial charge in [0.05, 0.1) is 21.6 Å². The maximum Gasteiger partial charge on any atom is 0.289 e. The SMILES string of the molecule is O=C1NC(=Nc2cccc(Cl)c2)/C(=C/c2cccc3nccnc23)S1. The summed E-state index contributed by atoms with van der Waals surface area (Å²) in [5.74, 6) is 0.498. The van der Waals surface area contributed by atoms with Crippen LogP contribution in [0.1, 0.15) is 5.56 Å². The minimum absolute atomic E-state index is 0.168. The summed E-state index contributed by atoms with van der Waals surface area (Å²) in [5, 5.41) is 3.19. The molecule has 3 aromatic rings. The van der Waals surface area contributed by atoms with Crippen molar-refractivity contribution in [3.63, 3.8) is 0 Å². The first-order chi connectivity index (χ1) is 12.2. The molecular weight excluding hydrogens is 356 g/mol. The summed E-state index contributed by atoms with van der Waals surface area (Å²) in [6.07, 6.45) is 5.19. The van der Waals surface area contributed by atoms with Crippen LogP contribution in [0.4, 0.5) is 10.5 Å². The molecule has 0 saturated carbocycles. The average molecular weight is 367 g/mol. The van der Waals surface area contributed by atoms with E-state index in [1.165, 1.54) is 0 Å². The van der Waals surface area contributed by atoms with Crippen molar-refractivity contribution >= 4 is 57.2 Å². The second kappa shape index (κ2) is 6.66. The van der Waals surface area contributed by atoms with Gasteiger partial charge in [0.1, 0.15) is 5.84 Å². The number of nitrogens with zero attached hydrogens (tertiary/aromatic N) is 3. The Morgan fingerprint density at radius 1 is 1.12 bits per heavy atom. The van der Waals surface area contributed by atoms with Gasteiger partial charge >= 0.3 is 0 Å². The highest BCUT2D eigenvalue weighted by molar-refractivity contribution is 8.18. The van der Waals surface area contributed by atoms with E-state index in [1.54, 1.807) is 24.5 Å². The van der Waals surface area contributed by atoms with Crippen LogP contribution in [-0.4, -0.2) is 21.0 Å². The molecule has 0 unspecified atom stereocenters. The zero-order chi connectivity index (χ0) is 17.2. The van der Waals surface area contributed by atoms with Gasteiger partial charge in [0.25, 0.3) is 5.24 Å². The molecule has 1 saturated heterocycles. The number of carbonyl (C=O) groups is 1. The third-order valence-corrected chi connectivity index (χ3v) is 4.58. The van der Waals surface area contributed by atoms with Gasteiger partial charge in [-0.1, -0.05) is 29.8 Å². The lowest BCUT2D eigenvalue weighted by atomic mass is 10.1. The van der Waals surface area contributed by atoms with Crippen molar-refractivity contribution in [2.24, 2.45) is 4.99 Å². The molecule has 7 heteroatoms. The van der Waals surface area contributed by atoms with E-state index >= 15 is 0 Å². The molecule has 1 aromatic heterocycles. The molecule has 0 aliphatic carbocycles. The predicted octanol–water partition coefficient (Wildman–Crippen LogP) is 4.81. The van der Waals surface area contributed by atoms with Crippen LogP contribution in [-0.2, 0) is 0 Å². The van der Waals surface area contributed by atoms with E-state index in [-0.39, 0.29) is 5.24 Å². The Bertz CT molecular complexity index is 1040. The van der Waals surface area contributed by atoms with Gasteiger partial charge in [-0.15, -0.1) is 0 Å². The monoisotopic (exact) mass is 366 g/mol. The fourth-order valence-corrected chi connectivity index (χ4v) is 3.37. The zero-order valence-electron chi connectivity index (χ0n) is 12.8. The fourth-order valence-electron chi connectivity index (χ4n) is 2.46. The number of amidine groups is 1. The van der Waals surface area contributed by atoms with E-state index in [0.717, 1.165) is 33.3 Å². The van der Waals surface area contributed by atoms with Crippen molar-refractivity contribution in [1.29, 1.82) is 0 Å². The molecule has 2 aromatic carbocycles. The fraction of sp³-hybridized carbons (Fsp3) is 0. The number of benzene rings is 2. The number of thioether (sulfide) groups is 1. The second-order valence-corrected chi connectivity index (χ2v) is 6.69. The van der Waals surface area contributed by atoms with Gasteiger partial charge in [-0.2, -0.15) is 0 Å². The first-order valence-electron chi connectivity index (χ1n) is 7.44. The average Bonchev–Trinajstić information content (AvgIpc) is 2.94. The van der Waals surface area contributed by atoms with Crippen molar-refractivity contribution in [3.05, 3.63) is 70.3 Å². The molecule has 0 atom stereocenters. The Balaban J connectivity index is 1.79. The normalized spacial score (nSPS) is 17.4. The van der Waals surface area contributed by atoms with Crippen LogP contribution in [0.2, 0.25) is 5.02 Å². The number of halogens is 1. The first kappa shape index (κ1) is 15.8. The van der Waals surface area contributed by atoms with Crippen LogP contribution in [0.15, 0.2) is 64.8 Å². The Labute approximate surface area is 152 Å². The highest BCUT2D eigenvalue weighted by Crippen LogP contribution is 2.30. The summed E-state index contributed by atoms with van der Waals surface area (Å²) in [4.78, 5) is 25.8. The van der Waals surface area contributed by atoms with Crippen LogP contribution in [0.5, 0.6) is 0 Å². The van der Waals surface area contributed by atoms with Crippen molar-refractivity contribution in [2.75, 3.05) is 0 Å². The summed E-state index contributed by atoms with van der Waals surface area (Å²) in [7, 11) is 0. The Morgan fingerprint density at radius 2 is 1.96 bits per heavy atom. The maximum atomic E-state index is 11.9. The molecule has 1 N–H and O–H groups in total. The Morgan fingerprint density at radius 3 is 2.84 bits per heavy atom. The van der Waals surface area contributed by atoms with E-state index < -0.39 is 0 Å². The molecule has 2 heterocycles. The van der Waals surface area contributed by atoms with E-state index in [4.69, 9.17) is 11.6 Å². The molecule has 1 aliphatic heterocycles. The van der Waals surface area contributed by atoms with Crippen LogP contribution in [0.25, 0.3) is 17.1 Å². The van der Waals surface area contributed by atoms with Crippen molar-refractivity contribution in [3.8, 4) is 0 Å². The summed E-state index contributed by atoms with van der Waals surface area (Å²) in [6, 6.07) is 12.9. The molecule has 0 radical (unpaired) electrons. The highest BCUT2D eigenvalue weighted by atomic mass is 35.5. The molecule has 1 aliphatic rings. The van der Waals surface area contributed by atoms with Gasteiger partial charge in [-0.3, -0.25) is 14.8 Å². The van der Waals surface area contributed by atoms with Gasteiger partial charge < -0.3 is 5.32 Å². The highest BCUT2D eigenvalue weighted by Gasteiger charge is 2.24. The van der Waals surface area contributed by atoms with Crippen molar-refractivity contribution in [2.45, 2.75) is 0 Å². The van der Waals surface area contributed by atoms with Gasteiger partial charge in [-0.05, 0) is 42.1 Å². The van der Waals surface area contributed by atoms with E-state index in [9.17, 15) is 4.79 Å². The molecular formula is C18H11ClN4OS. The van der Waals surface area contributed by atoms with Gasteiger partial charge in [-0.25, -0.2) is 4.99 Å². The number of para-hydroxylation sites is 1. The molecule has 122 valence electrons. The quantitative estimate of drug-likeness (QED) is 0.706. The summed E-state index contributed by atoms with van der Waals surface area (Å²) < 4.78 is 0. The van der Waals surface area contributed by atoms with Gasteiger partial charge in [0.15, 0.2) is 0 Å². The minimum atomic E-state index is -0.168. The number of nitrogens with one attached hydrogen (secondary N) is 1. The minimum Gasteiger partial charge on any atom is -0.300 e. The van der Waals surface area contributed by atoms with Crippen LogP contribution in [0, 0.1) is 0 Å². The standard InChI is InChI=1S/C18H11ClN4OS/c19-12-4-2-5-13(10-12)22-17-15(25-18(24)23-17)9-11-3-1-6-14-16(11)21-8-7-20-14/h1-10H,(H,22,23,24)/b15-9-. The number of hydrogen-bond acceptors (Lipinski definition) is 5. The molecule has 1 fully saturated rings. The zero-order valence-corrected chi connectivity index (χ0v) is 14.4. The number of rotatable bonds is 2. The Hall–Kier alpha value is -2.70. The summed E-state index contributed by atoms with van der Waals surface area (Å²) in [6.45, 7) is 0. The first-order valence-corrected chi connectivity index (χ1v) is 8.63. The van der Waals surface area contributed by atoms with Crippen molar-refractivity contribution < 1.29 is 4.79 Å².